The van der Waals surface area contributed by atoms with E-state index in [1.54, 1.807) is 5.38 Å². The van der Waals surface area contributed by atoms with Gasteiger partial charge in [0, 0.05) is 42.4 Å². The number of benzene rings is 1. The van der Waals surface area contributed by atoms with Crippen molar-refractivity contribution in [2.45, 2.75) is 63.8 Å². The smallest absolute Gasteiger partial charge is 0.355 e. The van der Waals surface area contributed by atoms with E-state index in [0.717, 1.165) is 35.7 Å². The number of aryl methyl sites for hydroxylation is 1. The van der Waals surface area contributed by atoms with Crippen LogP contribution in [0.1, 0.15) is 60.1 Å². The van der Waals surface area contributed by atoms with Crippen LogP contribution in [0.15, 0.2) is 23.6 Å². The molecule has 3 unspecified atom stereocenters. The van der Waals surface area contributed by atoms with E-state index in [-0.39, 0.29) is 35.7 Å². The summed E-state index contributed by atoms with van der Waals surface area (Å²) in [5.41, 5.74) is 2.41. The molecule has 0 spiro atoms. The average molecular weight is 461 g/mol. The van der Waals surface area contributed by atoms with E-state index in [0.29, 0.717) is 13.0 Å². The van der Waals surface area contributed by atoms with Gasteiger partial charge < -0.3 is 25.0 Å². The minimum absolute atomic E-state index is 0.00552. The first kappa shape index (κ1) is 23.0. The summed E-state index contributed by atoms with van der Waals surface area (Å²) in [4.78, 5) is 15.4. The fourth-order valence-electron chi connectivity index (χ4n) is 5.09. The summed E-state index contributed by atoms with van der Waals surface area (Å²) in [6.07, 6.45) is 2.91. The van der Waals surface area contributed by atoms with Crippen LogP contribution in [-0.2, 0) is 11.2 Å². The lowest BCUT2D eigenvalue weighted by Gasteiger charge is -2.36. The van der Waals surface area contributed by atoms with Gasteiger partial charge in [0.15, 0.2) is 5.69 Å². The first-order valence-corrected chi connectivity index (χ1v) is 12.2. The van der Waals surface area contributed by atoms with Gasteiger partial charge >= 0.3 is 5.97 Å². The zero-order valence-electron chi connectivity index (χ0n) is 18.8. The molecule has 1 aromatic carbocycles. The maximum atomic E-state index is 11.1. The van der Waals surface area contributed by atoms with Crippen LogP contribution in [0.25, 0.3) is 0 Å². The van der Waals surface area contributed by atoms with Gasteiger partial charge in [0.2, 0.25) is 0 Å². The van der Waals surface area contributed by atoms with Crippen LogP contribution >= 0.6 is 11.3 Å². The summed E-state index contributed by atoms with van der Waals surface area (Å²) in [5, 5.41) is 25.5. The van der Waals surface area contributed by atoms with Crippen LogP contribution in [0.5, 0.6) is 5.75 Å². The van der Waals surface area contributed by atoms with E-state index in [1.165, 1.54) is 16.9 Å². The highest BCUT2D eigenvalue weighted by atomic mass is 32.1. The predicted molar refractivity (Wildman–Crippen MR) is 124 cm³/mol. The second-order valence-electron chi connectivity index (χ2n) is 8.82. The number of carbonyl (C=O) groups is 1. The third-order valence-electron chi connectivity index (χ3n) is 6.99. The molecule has 2 heterocycles. The Bertz CT molecular complexity index is 948. The summed E-state index contributed by atoms with van der Waals surface area (Å²) in [5.74, 6) is 0.135. The van der Waals surface area contributed by atoms with E-state index in [9.17, 15) is 9.90 Å². The van der Waals surface area contributed by atoms with Crippen molar-refractivity contribution < 1.29 is 24.5 Å². The van der Waals surface area contributed by atoms with Gasteiger partial charge in [-0.25, -0.2) is 9.78 Å². The van der Waals surface area contributed by atoms with Crippen LogP contribution in [0.3, 0.4) is 0 Å². The minimum Gasteiger partial charge on any atom is -0.493 e. The normalized spacial score (nSPS) is 28.2. The summed E-state index contributed by atoms with van der Waals surface area (Å²) >= 11 is 1.37. The molecule has 174 valence electrons. The van der Waals surface area contributed by atoms with Crippen LogP contribution in [-0.4, -0.2) is 53.1 Å². The molecule has 6 atom stereocenters. The molecule has 1 aromatic heterocycles. The van der Waals surface area contributed by atoms with Crippen LogP contribution in [0, 0.1) is 11.8 Å². The van der Waals surface area contributed by atoms with Crippen LogP contribution in [0.4, 0.5) is 5.69 Å². The minimum atomic E-state index is -1.00. The van der Waals surface area contributed by atoms with Crippen molar-refractivity contribution in [3.05, 3.63) is 39.8 Å². The SMILES string of the molecule is CCc1ccc(OC[C@@H]2C3CCC(C(C)c4nc(C(=O)O)cs4)O[C@H]3C[C@@H]2O)cc1NC. The number of aliphatic hydroxyl groups is 1. The van der Waals surface area contributed by atoms with Crippen molar-refractivity contribution >= 4 is 23.0 Å². The molecule has 2 fully saturated rings. The number of carboxylic acids is 1. The summed E-state index contributed by atoms with van der Waals surface area (Å²) in [6.45, 7) is 4.64. The van der Waals surface area contributed by atoms with Crippen molar-refractivity contribution in [1.29, 1.82) is 0 Å². The molecule has 4 rings (SSSR count). The number of aromatic nitrogens is 1. The number of carboxylic acid groups (broad SMARTS) is 1. The maximum absolute atomic E-state index is 11.1. The number of rotatable bonds is 8. The predicted octanol–water partition coefficient (Wildman–Crippen LogP) is 4.17. The fourth-order valence-corrected chi connectivity index (χ4v) is 5.99. The molecule has 0 bridgehead atoms. The monoisotopic (exact) mass is 460 g/mol. The van der Waals surface area contributed by atoms with Crippen molar-refractivity contribution in [1.82, 2.24) is 4.98 Å². The number of hydrogen-bond acceptors (Lipinski definition) is 7. The zero-order chi connectivity index (χ0) is 22.8. The Labute approximate surface area is 192 Å². The lowest BCUT2D eigenvalue weighted by Crippen LogP contribution is -2.37. The molecular weight excluding hydrogens is 428 g/mol. The molecule has 1 saturated carbocycles. The number of anilines is 1. The van der Waals surface area contributed by atoms with Gasteiger partial charge in [-0.2, -0.15) is 0 Å². The lowest BCUT2D eigenvalue weighted by atomic mass is 9.84. The van der Waals surface area contributed by atoms with Gasteiger partial charge in [-0.3, -0.25) is 0 Å². The van der Waals surface area contributed by atoms with Gasteiger partial charge in [-0.15, -0.1) is 11.3 Å². The molecule has 7 nitrogen and oxygen atoms in total. The van der Waals surface area contributed by atoms with E-state index in [2.05, 4.69) is 23.3 Å². The number of nitrogens with one attached hydrogen (secondary N) is 1. The Morgan fingerprint density at radius 2 is 2.22 bits per heavy atom. The maximum Gasteiger partial charge on any atom is 0.355 e. The topological polar surface area (TPSA) is 101 Å². The van der Waals surface area contributed by atoms with Crippen LogP contribution < -0.4 is 10.1 Å². The number of thiazole rings is 1. The highest BCUT2D eigenvalue weighted by Crippen LogP contribution is 2.44. The van der Waals surface area contributed by atoms with E-state index in [1.807, 2.05) is 26.1 Å². The molecular formula is C24H32N2O5S. The Hall–Kier alpha value is -2.16. The standard InChI is InChI=1S/C24H32N2O5S/c1-4-14-5-6-15(9-18(14)25-3)30-11-17-16-7-8-21(31-22(16)10-20(17)27)13(2)23-26-19(12-32-23)24(28)29/h5-6,9,12-13,16-17,20-22,25,27H,4,7-8,10-11H2,1-3H3,(H,28,29)/t13?,16?,17-,20+,21?,22+/m1/s1. The van der Waals surface area contributed by atoms with Gasteiger partial charge in [0.25, 0.3) is 0 Å². The van der Waals surface area contributed by atoms with Crippen LogP contribution in [0.2, 0.25) is 0 Å². The molecule has 8 heteroatoms. The number of nitrogens with zero attached hydrogens (tertiary/aromatic N) is 1. The first-order valence-electron chi connectivity index (χ1n) is 11.4. The molecule has 32 heavy (non-hydrogen) atoms. The molecule has 1 aliphatic carbocycles. The summed E-state index contributed by atoms with van der Waals surface area (Å²) < 4.78 is 12.5. The zero-order valence-corrected chi connectivity index (χ0v) is 19.6. The quantitative estimate of drug-likeness (QED) is 0.543. The fraction of sp³-hybridized carbons (Fsp3) is 0.583. The Balaban J connectivity index is 1.37. The first-order chi connectivity index (χ1) is 15.4. The Morgan fingerprint density at radius 1 is 1.41 bits per heavy atom. The van der Waals surface area contributed by atoms with Crippen molar-refractivity contribution in [2.75, 3.05) is 19.0 Å². The van der Waals surface area contributed by atoms with E-state index >= 15 is 0 Å². The van der Waals surface area contributed by atoms with Crippen molar-refractivity contribution in [3.8, 4) is 5.75 Å². The van der Waals surface area contributed by atoms with E-state index in [4.69, 9.17) is 14.6 Å². The largest absolute Gasteiger partial charge is 0.493 e. The molecule has 3 N–H and O–H groups in total. The Morgan fingerprint density at radius 3 is 2.91 bits per heavy atom. The second kappa shape index (κ2) is 9.77. The third kappa shape index (κ3) is 4.63. The molecule has 0 radical (unpaired) electrons. The number of hydrogen-bond donors (Lipinski definition) is 3. The molecule has 0 amide bonds. The van der Waals surface area contributed by atoms with Gasteiger partial charge in [0.05, 0.1) is 29.9 Å². The number of aromatic carboxylic acids is 1. The Kier molecular flexibility index (Phi) is 7.02. The molecule has 1 saturated heterocycles. The second-order valence-corrected chi connectivity index (χ2v) is 9.71. The van der Waals surface area contributed by atoms with Crippen molar-refractivity contribution in [2.24, 2.45) is 11.8 Å². The number of ether oxygens (including phenoxy) is 2. The number of fused-ring (bicyclic) bond motifs is 1. The van der Waals surface area contributed by atoms with Gasteiger partial charge in [0.1, 0.15) is 5.75 Å². The third-order valence-corrected chi connectivity index (χ3v) is 8.04. The molecule has 2 aromatic rings. The van der Waals surface area contributed by atoms with E-state index < -0.39 is 12.1 Å². The highest BCUT2D eigenvalue weighted by Gasteiger charge is 2.47. The van der Waals surface area contributed by atoms with Gasteiger partial charge in [-0.05, 0) is 36.8 Å². The van der Waals surface area contributed by atoms with Crippen molar-refractivity contribution in [3.63, 3.8) is 0 Å². The summed E-state index contributed by atoms with van der Waals surface area (Å²) in [7, 11) is 1.91. The highest BCUT2D eigenvalue weighted by molar-refractivity contribution is 7.09. The average Bonchev–Trinajstić information content (AvgIpc) is 3.41. The number of aliphatic hydroxyl groups excluding tert-OH is 1. The lowest BCUT2D eigenvalue weighted by molar-refractivity contribution is -0.0875. The molecule has 1 aliphatic heterocycles. The van der Waals surface area contributed by atoms with Gasteiger partial charge in [-0.1, -0.05) is 19.9 Å². The summed E-state index contributed by atoms with van der Waals surface area (Å²) in [6, 6.07) is 6.10. The molecule has 2 aliphatic rings.